The molecule has 3 aromatic rings. The molecule has 1 aliphatic heterocycles. The first-order valence-corrected chi connectivity index (χ1v) is 13.9. The first-order valence-electron chi connectivity index (χ1n) is 13.9. The van der Waals surface area contributed by atoms with Crippen molar-refractivity contribution >= 4 is 11.8 Å². The molecule has 0 saturated heterocycles. The number of para-hydroxylation sites is 2. The fourth-order valence-electron chi connectivity index (χ4n) is 5.76. The van der Waals surface area contributed by atoms with Gasteiger partial charge in [0.05, 0.1) is 32.8 Å². The summed E-state index contributed by atoms with van der Waals surface area (Å²) in [6, 6.07) is 22.6. The topological polar surface area (TPSA) is 92.3 Å². The molecule has 218 valence electrons. The van der Waals surface area contributed by atoms with Crippen molar-refractivity contribution in [2.45, 2.75) is 31.6 Å². The lowest BCUT2D eigenvalue weighted by atomic mass is 9.71. The molecule has 1 aliphatic carbocycles. The minimum absolute atomic E-state index is 0.0149. The molecule has 0 bridgehead atoms. The summed E-state index contributed by atoms with van der Waals surface area (Å²) < 4.78 is 28.1. The molecule has 8 heteroatoms. The van der Waals surface area contributed by atoms with E-state index in [1.807, 2.05) is 73.7 Å². The maximum atomic E-state index is 14.0. The Hall–Kier alpha value is -4.72. The van der Waals surface area contributed by atoms with Crippen LogP contribution in [0.2, 0.25) is 0 Å². The fourth-order valence-corrected chi connectivity index (χ4v) is 5.76. The monoisotopic (exact) mass is 569 g/mol. The predicted molar refractivity (Wildman–Crippen MR) is 158 cm³/mol. The minimum atomic E-state index is -0.696. The highest BCUT2D eigenvalue weighted by Crippen LogP contribution is 2.49. The van der Waals surface area contributed by atoms with Crippen LogP contribution in [0.15, 0.2) is 95.3 Å². The Morgan fingerprint density at radius 3 is 2.29 bits per heavy atom. The van der Waals surface area contributed by atoms with Crippen LogP contribution in [0.3, 0.4) is 0 Å². The SMILES string of the molecule is COc1ccc([C@@H]2CC(=O)C3=C(C2)NC(C)=C(C(=O)OCCOc2ccccc2)[C@H]3c2cccc(OC)c2OC)cc1. The molecule has 0 saturated carbocycles. The predicted octanol–water partition coefficient (Wildman–Crippen LogP) is 5.70. The summed E-state index contributed by atoms with van der Waals surface area (Å²) in [5.74, 6) is 1.16. The molecule has 8 nitrogen and oxygen atoms in total. The highest BCUT2D eigenvalue weighted by Gasteiger charge is 2.43. The number of nitrogens with one attached hydrogen (secondary N) is 1. The van der Waals surface area contributed by atoms with Crippen LogP contribution in [-0.4, -0.2) is 46.3 Å². The summed E-state index contributed by atoms with van der Waals surface area (Å²) in [6.07, 6.45) is 0.919. The van der Waals surface area contributed by atoms with E-state index in [2.05, 4.69) is 5.32 Å². The van der Waals surface area contributed by atoms with Crippen LogP contribution in [0.4, 0.5) is 0 Å². The number of esters is 1. The third kappa shape index (κ3) is 5.84. The number of rotatable bonds is 10. The number of hydrogen-bond donors (Lipinski definition) is 1. The molecule has 0 spiro atoms. The van der Waals surface area contributed by atoms with E-state index < -0.39 is 11.9 Å². The van der Waals surface area contributed by atoms with Gasteiger partial charge in [-0.1, -0.05) is 42.5 Å². The van der Waals surface area contributed by atoms with Gasteiger partial charge in [0, 0.05) is 29.0 Å². The van der Waals surface area contributed by atoms with Crippen molar-refractivity contribution in [3.05, 3.63) is 106 Å². The molecule has 0 amide bonds. The Labute approximate surface area is 245 Å². The minimum Gasteiger partial charge on any atom is -0.497 e. The standard InChI is InChI=1S/C34H35NO7/c1-21-30(34(37)42-18-17-41-25-9-6-5-7-10-25)31(26-11-8-12-29(39-3)33(26)40-4)32-27(35-21)19-23(20-28(32)36)22-13-15-24(38-2)16-14-22/h5-16,23,31,35H,17-20H2,1-4H3/t23-,31+/m0/s1. The van der Waals surface area contributed by atoms with Gasteiger partial charge in [-0.05, 0) is 55.2 Å². The molecule has 0 fully saturated rings. The number of benzene rings is 3. The van der Waals surface area contributed by atoms with Crippen molar-refractivity contribution in [2.75, 3.05) is 34.5 Å². The highest BCUT2D eigenvalue weighted by molar-refractivity contribution is 6.04. The summed E-state index contributed by atoms with van der Waals surface area (Å²) in [5, 5.41) is 3.39. The first-order chi connectivity index (χ1) is 20.4. The van der Waals surface area contributed by atoms with Gasteiger partial charge in [-0.15, -0.1) is 0 Å². The van der Waals surface area contributed by atoms with Crippen LogP contribution in [0, 0.1) is 0 Å². The van der Waals surface area contributed by atoms with E-state index >= 15 is 0 Å². The van der Waals surface area contributed by atoms with E-state index in [-0.39, 0.29) is 24.9 Å². The van der Waals surface area contributed by atoms with Crippen molar-refractivity contribution in [1.29, 1.82) is 0 Å². The molecule has 1 N–H and O–H groups in total. The third-order valence-electron chi connectivity index (χ3n) is 7.71. The van der Waals surface area contributed by atoms with E-state index in [0.29, 0.717) is 52.5 Å². The van der Waals surface area contributed by atoms with Crippen LogP contribution in [0.25, 0.3) is 0 Å². The normalized spacial score (nSPS) is 18.1. The lowest BCUT2D eigenvalue weighted by molar-refractivity contribution is -0.140. The molecular weight excluding hydrogens is 534 g/mol. The highest BCUT2D eigenvalue weighted by atomic mass is 16.6. The van der Waals surface area contributed by atoms with Crippen LogP contribution < -0.4 is 24.3 Å². The summed E-state index contributed by atoms with van der Waals surface area (Å²) in [7, 11) is 4.74. The van der Waals surface area contributed by atoms with Gasteiger partial charge in [-0.25, -0.2) is 4.79 Å². The molecule has 3 aromatic carbocycles. The van der Waals surface area contributed by atoms with Gasteiger partial charge in [0.2, 0.25) is 0 Å². The Kier molecular flexibility index (Phi) is 8.81. The zero-order chi connectivity index (χ0) is 29.6. The largest absolute Gasteiger partial charge is 0.497 e. The quantitative estimate of drug-likeness (QED) is 0.246. The van der Waals surface area contributed by atoms with Gasteiger partial charge in [0.25, 0.3) is 0 Å². The van der Waals surface area contributed by atoms with Crippen molar-refractivity contribution in [2.24, 2.45) is 0 Å². The van der Waals surface area contributed by atoms with Crippen molar-refractivity contribution < 1.29 is 33.3 Å². The number of methoxy groups -OCH3 is 3. The van der Waals surface area contributed by atoms with E-state index in [1.165, 1.54) is 0 Å². The molecule has 2 aliphatic rings. The third-order valence-corrected chi connectivity index (χ3v) is 7.71. The first kappa shape index (κ1) is 28.8. The number of hydrogen-bond acceptors (Lipinski definition) is 8. The van der Waals surface area contributed by atoms with E-state index in [0.717, 1.165) is 17.0 Å². The van der Waals surface area contributed by atoms with E-state index in [4.69, 9.17) is 23.7 Å². The van der Waals surface area contributed by atoms with Crippen molar-refractivity contribution in [1.82, 2.24) is 5.32 Å². The number of ketones is 1. The van der Waals surface area contributed by atoms with Crippen molar-refractivity contribution in [3.63, 3.8) is 0 Å². The number of Topliss-reactive ketones (excluding diaryl/α,β-unsaturated/α-hetero) is 1. The van der Waals surface area contributed by atoms with E-state index in [1.54, 1.807) is 27.4 Å². The smallest absolute Gasteiger partial charge is 0.336 e. The van der Waals surface area contributed by atoms with Gasteiger partial charge in [0.1, 0.15) is 24.7 Å². The van der Waals surface area contributed by atoms with Crippen LogP contribution in [0.1, 0.15) is 42.7 Å². The molecule has 5 rings (SSSR count). The molecule has 1 heterocycles. The zero-order valence-corrected chi connectivity index (χ0v) is 24.3. The number of carbonyl (C=O) groups is 2. The maximum Gasteiger partial charge on any atom is 0.336 e. The Balaban J connectivity index is 1.48. The van der Waals surface area contributed by atoms with Crippen LogP contribution in [0.5, 0.6) is 23.0 Å². The number of ether oxygens (including phenoxy) is 5. The Morgan fingerprint density at radius 2 is 1.60 bits per heavy atom. The molecule has 2 atom stereocenters. The van der Waals surface area contributed by atoms with Gasteiger partial charge >= 0.3 is 5.97 Å². The molecule has 0 aromatic heterocycles. The summed E-state index contributed by atoms with van der Waals surface area (Å²) >= 11 is 0. The Morgan fingerprint density at radius 1 is 0.833 bits per heavy atom. The van der Waals surface area contributed by atoms with Gasteiger partial charge in [-0.2, -0.15) is 0 Å². The second-order valence-corrected chi connectivity index (χ2v) is 10.2. The van der Waals surface area contributed by atoms with Gasteiger partial charge in [0.15, 0.2) is 17.3 Å². The molecule has 0 radical (unpaired) electrons. The molecule has 42 heavy (non-hydrogen) atoms. The Bertz CT molecular complexity index is 1510. The van der Waals surface area contributed by atoms with E-state index in [9.17, 15) is 9.59 Å². The molecular formula is C34H35NO7. The second-order valence-electron chi connectivity index (χ2n) is 10.2. The number of carbonyl (C=O) groups excluding carboxylic acids is 2. The number of allylic oxidation sites excluding steroid dienone is 3. The average Bonchev–Trinajstić information content (AvgIpc) is 3.02. The van der Waals surface area contributed by atoms with Crippen molar-refractivity contribution in [3.8, 4) is 23.0 Å². The summed E-state index contributed by atoms with van der Waals surface area (Å²) in [6.45, 7) is 2.08. The summed E-state index contributed by atoms with van der Waals surface area (Å²) in [5.41, 5.74) is 4.04. The van der Waals surface area contributed by atoms with Gasteiger partial charge < -0.3 is 29.0 Å². The average molecular weight is 570 g/mol. The number of dihydropyridines is 1. The lowest BCUT2D eigenvalue weighted by Crippen LogP contribution is -2.36. The fraction of sp³-hybridized carbons (Fsp3) is 0.294. The second kappa shape index (κ2) is 12.9. The van der Waals surface area contributed by atoms with Gasteiger partial charge in [-0.3, -0.25) is 4.79 Å². The van der Waals surface area contributed by atoms with Crippen LogP contribution >= 0.6 is 0 Å². The van der Waals surface area contributed by atoms with Crippen LogP contribution in [-0.2, 0) is 14.3 Å². The molecule has 0 unspecified atom stereocenters. The summed E-state index contributed by atoms with van der Waals surface area (Å²) in [4.78, 5) is 27.7. The maximum absolute atomic E-state index is 14.0. The lowest BCUT2D eigenvalue weighted by Gasteiger charge is -2.37. The zero-order valence-electron chi connectivity index (χ0n) is 24.3.